The molecule has 134 valence electrons. The summed E-state index contributed by atoms with van der Waals surface area (Å²) in [5.74, 6) is -0.162. The van der Waals surface area contributed by atoms with Crippen LogP contribution < -0.4 is 5.73 Å². The molecule has 1 aliphatic rings. The summed E-state index contributed by atoms with van der Waals surface area (Å²) in [5, 5.41) is 9.64. The molecule has 2 aromatic rings. The predicted octanol–water partition coefficient (Wildman–Crippen LogP) is 5.05. The Hall–Kier alpha value is -2.81. The largest absolute Gasteiger partial charge is 0.508 e. The zero-order valence-corrected chi connectivity index (χ0v) is 14.9. The fraction of sp³-hybridized carbons (Fsp3) is 0.261. The molecule has 3 N–H and O–H groups in total. The summed E-state index contributed by atoms with van der Waals surface area (Å²) < 4.78 is 0. The molecule has 1 amide bonds. The Balaban J connectivity index is 2.01. The van der Waals surface area contributed by atoms with Crippen molar-refractivity contribution in [1.29, 1.82) is 0 Å². The van der Waals surface area contributed by atoms with E-state index in [1.165, 1.54) is 48.5 Å². The Morgan fingerprint density at radius 2 is 1.38 bits per heavy atom. The van der Waals surface area contributed by atoms with Gasteiger partial charge in [0, 0.05) is 6.08 Å². The van der Waals surface area contributed by atoms with Crippen LogP contribution in [0, 0.1) is 0 Å². The topological polar surface area (TPSA) is 63.3 Å². The third kappa shape index (κ3) is 4.63. The molecule has 0 atom stereocenters. The normalized spacial score (nSPS) is 15.0. The number of hydrogen-bond donors (Lipinski definition) is 2. The van der Waals surface area contributed by atoms with Gasteiger partial charge in [-0.2, -0.15) is 0 Å². The molecule has 1 aliphatic carbocycles. The van der Waals surface area contributed by atoms with Crippen molar-refractivity contribution in [3.63, 3.8) is 0 Å². The van der Waals surface area contributed by atoms with E-state index in [9.17, 15) is 9.90 Å². The Morgan fingerprint density at radius 3 is 1.92 bits per heavy atom. The van der Waals surface area contributed by atoms with Crippen LogP contribution in [-0.2, 0) is 4.79 Å². The molecular formula is C23H25NO2. The van der Waals surface area contributed by atoms with E-state index in [4.69, 9.17) is 5.73 Å². The van der Waals surface area contributed by atoms with E-state index in [0.717, 1.165) is 24.0 Å². The molecule has 0 unspecified atom stereocenters. The quantitative estimate of drug-likeness (QED) is 0.601. The van der Waals surface area contributed by atoms with E-state index in [-0.39, 0.29) is 5.75 Å². The minimum absolute atomic E-state index is 0.283. The number of phenols is 1. The van der Waals surface area contributed by atoms with E-state index in [2.05, 4.69) is 12.1 Å². The molecule has 3 heteroatoms. The Morgan fingerprint density at radius 1 is 0.846 bits per heavy atom. The number of nitrogens with two attached hydrogens (primary N) is 1. The minimum atomic E-state index is -0.445. The summed E-state index contributed by atoms with van der Waals surface area (Å²) in [6.07, 6.45) is 10.4. The van der Waals surface area contributed by atoms with Gasteiger partial charge in [0.1, 0.15) is 5.75 Å². The van der Waals surface area contributed by atoms with Crippen LogP contribution in [0.3, 0.4) is 0 Å². The lowest BCUT2D eigenvalue weighted by atomic mass is 9.89. The molecule has 0 aromatic heterocycles. The zero-order chi connectivity index (χ0) is 18.4. The first-order chi connectivity index (χ1) is 12.6. The van der Waals surface area contributed by atoms with Crippen molar-refractivity contribution in [1.82, 2.24) is 0 Å². The molecule has 0 spiro atoms. The maximum atomic E-state index is 10.9. The van der Waals surface area contributed by atoms with Crippen LogP contribution >= 0.6 is 0 Å². The van der Waals surface area contributed by atoms with Crippen molar-refractivity contribution >= 4 is 17.6 Å². The maximum absolute atomic E-state index is 10.9. The molecule has 0 bridgehead atoms. The van der Waals surface area contributed by atoms with Gasteiger partial charge < -0.3 is 10.8 Å². The molecule has 1 fully saturated rings. The van der Waals surface area contributed by atoms with Gasteiger partial charge in [0.2, 0.25) is 5.91 Å². The van der Waals surface area contributed by atoms with Gasteiger partial charge in [-0.25, -0.2) is 0 Å². The van der Waals surface area contributed by atoms with Gasteiger partial charge in [0.05, 0.1) is 0 Å². The number of benzene rings is 2. The third-order valence-corrected chi connectivity index (χ3v) is 4.86. The van der Waals surface area contributed by atoms with Crippen molar-refractivity contribution in [2.45, 2.75) is 38.5 Å². The van der Waals surface area contributed by atoms with Crippen molar-refractivity contribution < 1.29 is 9.90 Å². The van der Waals surface area contributed by atoms with Gasteiger partial charge in [-0.15, -0.1) is 0 Å². The fourth-order valence-electron chi connectivity index (χ4n) is 3.55. The first kappa shape index (κ1) is 18.0. The number of carbonyl (C=O) groups is 1. The standard InChI is InChI=1S/C23H25NO2/c24-22(26)16-9-17-7-10-19(11-8-17)23(18-5-3-1-2-4-6-18)20-12-14-21(25)15-13-20/h7-16,25H,1-6H2,(H2,24,26)/b16-9+. The zero-order valence-electron chi connectivity index (χ0n) is 14.9. The fourth-order valence-corrected chi connectivity index (χ4v) is 3.55. The Kier molecular flexibility index (Phi) is 5.90. The summed E-state index contributed by atoms with van der Waals surface area (Å²) in [6.45, 7) is 0. The highest BCUT2D eigenvalue weighted by Gasteiger charge is 2.14. The second kappa shape index (κ2) is 8.52. The van der Waals surface area contributed by atoms with Gasteiger partial charge >= 0.3 is 0 Å². The van der Waals surface area contributed by atoms with E-state index in [1.807, 2.05) is 24.3 Å². The number of primary amides is 1. The second-order valence-corrected chi connectivity index (χ2v) is 6.80. The van der Waals surface area contributed by atoms with Gasteiger partial charge in [0.15, 0.2) is 0 Å². The average Bonchev–Trinajstić information content (AvgIpc) is 2.92. The SMILES string of the molecule is NC(=O)/C=C/c1ccc(C(=C2CCCCCC2)c2ccc(O)cc2)cc1. The lowest BCUT2D eigenvalue weighted by molar-refractivity contribution is -0.113. The van der Waals surface area contributed by atoms with Crippen molar-refractivity contribution in [2.75, 3.05) is 0 Å². The minimum Gasteiger partial charge on any atom is -0.508 e. The summed E-state index contributed by atoms with van der Waals surface area (Å²) in [6, 6.07) is 15.7. The maximum Gasteiger partial charge on any atom is 0.241 e. The highest BCUT2D eigenvalue weighted by molar-refractivity contribution is 5.90. The molecule has 2 aromatic carbocycles. The van der Waals surface area contributed by atoms with Crippen molar-refractivity contribution in [3.05, 3.63) is 76.9 Å². The summed E-state index contributed by atoms with van der Waals surface area (Å²) in [5.41, 5.74) is 11.2. The lowest BCUT2D eigenvalue weighted by Gasteiger charge is -2.16. The smallest absolute Gasteiger partial charge is 0.241 e. The van der Waals surface area contributed by atoms with Crippen LogP contribution in [-0.4, -0.2) is 11.0 Å². The number of hydrogen-bond acceptors (Lipinski definition) is 2. The third-order valence-electron chi connectivity index (χ3n) is 4.86. The van der Waals surface area contributed by atoms with Crippen LogP contribution in [0.5, 0.6) is 5.75 Å². The highest BCUT2D eigenvalue weighted by Crippen LogP contribution is 2.35. The van der Waals surface area contributed by atoms with E-state index in [1.54, 1.807) is 18.2 Å². The second-order valence-electron chi connectivity index (χ2n) is 6.80. The number of allylic oxidation sites excluding steroid dienone is 1. The average molecular weight is 347 g/mol. The number of amides is 1. The number of phenolic OH excluding ortho intramolecular Hbond substituents is 1. The molecule has 3 nitrogen and oxygen atoms in total. The van der Waals surface area contributed by atoms with Gasteiger partial charge in [0.25, 0.3) is 0 Å². The summed E-state index contributed by atoms with van der Waals surface area (Å²) >= 11 is 0. The first-order valence-electron chi connectivity index (χ1n) is 9.23. The molecule has 0 aliphatic heterocycles. The van der Waals surface area contributed by atoms with Crippen molar-refractivity contribution in [3.8, 4) is 5.75 Å². The molecule has 3 rings (SSSR count). The van der Waals surface area contributed by atoms with Crippen LogP contribution in [0.25, 0.3) is 11.6 Å². The van der Waals surface area contributed by atoms with Crippen LogP contribution in [0.4, 0.5) is 0 Å². The Bertz CT molecular complexity index is 804. The van der Waals surface area contributed by atoms with Gasteiger partial charge in [-0.3, -0.25) is 4.79 Å². The number of aromatic hydroxyl groups is 1. The molecule has 0 heterocycles. The molecule has 0 saturated heterocycles. The monoisotopic (exact) mass is 347 g/mol. The number of carbonyl (C=O) groups excluding carboxylic acids is 1. The van der Waals surface area contributed by atoms with Gasteiger partial charge in [-0.05, 0) is 66.2 Å². The van der Waals surface area contributed by atoms with Crippen LogP contribution in [0.1, 0.15) is 55.2 Å². The predicted molar refractivity (Wildman–Crippen MR) is 107 cm³/mol. The first-order valence-corrected chi connectivity index (χ1v) is 9.23. The summed E-state index contributed by atoms with van der Waals surface area (Å²) in [4.78, 5) is 10.9. The highest BCUT2D eigenvalue weighted by atomic mass is 16.3. The van der Waals surface area contributed by atoms with Crippen LogP contribution in [0.15, 0.2) is 60.2 Å². The van der Waals surface area contributed by atoms with Crippen molar-refractivity contribution in [2.24, 2.45) is 5.73 Å². The van der Waals surface area contributed by atoms with E-state index in [0.29, 0.717) is 0 Å². The van der Waals surface area contributed by atoms with Crippen LogP contribution in [0.2, 0.25) is 0 Å². The Labute approximate surface area is 154 Å². The molecule has 0 radical (unpaired) electrons. The molecule has 26 heavy (non-hydrogen) atoms. The summed E-state index contributed by atoms with van der Waals surface area (Å²) in [7, 11) is 0. The van der Waals surface area contributed by atoms with Gasteiger partial charge in [-0.1, -0.05) is 54.8 Å². The molecular weight excluding hydrogens is 322 g/mol. The number of rotatable bonds is 4. The lowest BCUT2D eigenvalue weighted by Crippen LogP contribution is -2.05. The molecule has 1 saturated carbocycles. The van der Waals surface area contributed by atoms with E-state index >= 15 is 0 Å². The van der Waals surface area contributed by atoms with E-state index < -0.39 is 5.91 Å².